The van der Waals surface area contributed by atoms with Gasteiger partial charge in [-0.1, -0.05) is 19.0 Å². The van der Waals surface area contributed by atoms with Crippen LogP contribution in [0, 0.1) is 17.0 Å². The molecule has 2 aromatic heterocycles. The fourth-order valence-electron chi connectivity index (χ4n) is 2.21. The van der Waals surface area contributed by atoms with Crippen LogP contribution in [0.1, 0.15) is 29.9 Å². The van der Waals surface area contributed by atoms with E-state index >= 15 is 0 Å². The second kappa shape index (κ2) is 7.73. The van der Waals surface area contributed by atoms with Crippen LogP contribution < -0.4 is 0 Å². The lowest BCUT2D eigenvalue weighted by Gasteiger charge is -2.17. The minimum absolute atomic E-state index is 0.0217. The molecule has 0 atom stereocenters. The predicted octanol–water partition coefficient (Wildman–Crippen LogP) is 2.65. The highest BCUT2D eigenvalue weighted by Crippen LogP contribution is 2.30. The molecule has 2 heterocycles. The van der Waals surface area contributed by atoms with E-state index in [4.69, 9.17) is 13.7 Å². The number of aryl methyl sites for hydroxylation is 1. The summed E-state index contributed by atoms with van der Waals surface area (Å²) in [5, 5.41) is 14.4. The van der Waals surface area contributed by atoms with Crippen LogP contribution in [0.5, 0.6) is 0 Å². The molecule has 24 heavy (non-hydrogen) atoms. The first-order chi connectivity index (χ1) is 11.5. The Morgan fingerprint density at radius 1 is 1.38 bits per heavy atom. The highest BCUT2D eigenvalue weighted by atomic mass is 16.6. The van der Waals surface area contributed by atoms with Gasteiger partial charge in [-0.15, -0.1) is 0 Å². The third-order valence-corrected chi connectivity index (χ3v) is 3.60. The third-order valence-electron chi connectivity index (χ3n) is 3.60. The van der Waals surface area contributed by atoms with E-state index in [9.17, 15) is 14.9 Å². The maximum atomic E-state index is 12.3. The summed E-state index contributed by atoms with van der Waals surface area (Å²) in [5.41, 5.74) is 0.440. The van der Waals surface area contributed by atoms with Crippen molar-refractivity contribution in [3.05, 3.63) is 33.5 Å². The molecule has 0 amide bonds. The monoisotopic (exact) mass is 337 g/mol. The largest absolute Gasteiger partial charge is 0.461 e. The molecule has 0 aliphatic carbocycles. The first-order valence-corrected chi connectivity index (χ1v) is 7.58. The Balaban J connectivity index is 2.14. The Morgan fingerprint density at radius 3 is 2.67 bits per heavy atom. The van der Waals surface area contributed by atoms with E-state index in [2.05, 4.69) is 10.1 Å². The van der Waals surface area contributed by atoms with Gasteiger partial charge in [-0.2, -0.15) is 0 Å². The Morgan fingerprint density at radius 2 is 2.08 bits per heavy atom. The summed E-state index contributed by atoms with van der Waals surface area (Å²) in [4.78, 5) is 24.4. The van der Waals surface area contributed by atoms with E-state index in [1.165, 1.54) is 12.1 Å². The number of likely N-dealkylation sites (N-methyl/N-ethyl adjacent to an activating group) is 1. The van der Waals surface area contributed by atoms with E-state index in [1.807, 2.05) is 13.8 Å². The zero-order valence-corrected chi connectivity index (χ0v) is 13.8. The molecule has 0 N–H and O–H groups in total. The van der Waals surface area contributed by atoms with E-state index in [1.54, 1.807) is 6.92 Å². The number of ether oxygens (including phenoxy) is 1. The van der Waals surface area contributed by atoms with Gasteiger partial charge in [0, 0.05) is 6.54 Å². The number of carbonyl (C=O) groups is 1. The van der Waals surface area contributed by atoms with Crippen molar-refractivity contribution >= 4 is 11.9 Å². The van der Waals surface area contributed by atoms with Gasteiger partial charge in [-0.05, 0) is 26.1 Å². The average Bonchev–Trinajstić information content (AvgIpc) is 3.18. The summed E-state index contributed by atoms with van der Waals surface area (Å²) in [7, 11) is 0. The molecular formula is C15H19N3O6. The van der Waals surface area contributed by atoms with Crippen LogP contribution in [0.25, 0.3) is 11.5 Å². The number of esters is 1. The second-order valence-corrected chi connectivity index (χ2v) is 5.03. The van der Waals surface area contributed by atoms with Crippen LogP contribution >= 0.6 is 0 Å². The van der Waals surface area contributed by atoms with Crippen molar-refractivity contribution in [3.63, 3.8) is 0 Å². The van der Waals surface area contributed by atoms with Crippen LogP contribution in [0.2, 0.25) is 0 Å². The molecule has 2 rings (SSSR count). The smallest absolute Gasteiger partial charge is 0.433 e. The van der Waals surface area contributed by atoms with Gasteiger partial charge in [-0.25, -0.2) is 4.79 Å². The molecule has 0 aliphatic rings. The molecule has 0 fully saturated rings. The van der Waals surface area contributed by atoms with Crippen LogP contribution in [0.15, 0.2) is 21.1 Å². The quantitative estimate of drug-likeness (QED) is 0.410. The number of nitro groups is 1. The van der Waals surface area contributed by atoms with Gasteiger partial charge < -0.3 is 18.6 Å². The van der Waals surface area contributed by atoms with Crippen molar-refractivity contribution in [1.29, 1.82) is 0 Å². The summed E-state index contributed by atoms with van der Waals surface area (Å²) >= 11 is 0. The van der Waals surface area contributed by atoms with E-state index in [0.29, 0.717) is 12.2 Å². The summed E-state index contributed by atoms with van der Waals surface area (Å²) in [5.74, 6) is -0.971. The molecule has 130 valence electrons. The number of hydrogen-bond donors (Lipinski definition) is 0. The van der Waals surface area contributed by atoms with Crippen molar-refractivity contribution in [1.82, 2.24) is 10.1 Å². The lowest BCUT2D eigenvalue weighted by Crippen LogP contribution is -2.28. The fraction of sp³-hybridized carbons (Fsp3) is 0.467. The Bertz CT molecular complexity index is 717. The average molecular weight is 337 g/mol. The molecule has 0 radical (unpaired) electrons. The first-order valence-electron chi connectivity index (χ1n) is 7.58. The molecule has 9 heteroatoms. The molecule has 2 aromatic rings. The van der Waals surface area contributed by atoms with E-state index < -0.39 is 16.8 Å². The van der Waals surface area contributed by atoms with Gasteiger partial charge in [-0.3, -0.25) is 10.1 Å². The number of hydrogen-bond acceptors (Lipinski definition) is 8. The van der Waals surface area contributed by atoms with Crippen LogP contribution in [0.4, 0.5) is 5.88 Å². The highest BCUT2D eigenvalue weighted by molar-refractivity contribution is 5.96. The maximum absolute atomic E-state index is 12.3. The van der Waals surface area contributed by atoms with Crippen molar-refractivity contribution in [2.45, 2.75) is 20.8 Å². The second-order valence-electron chi connectivity index (χ2n) is 5.03. The van der Waals surface area contributed by atoms with Crippen molar-refractivity contribution in [3.8, 4) is 11.5 Å². The zero-order valence-electron chi connectivity index (χ0n) is 13.8. The zero-order chi connectivity index (χ0) is 17.7. The minimum Gasteiger partial charge on any atom is -0.461 e. The van der Waals surface area contributed by atoms with Crippen LogP contribution in [-0.4, -0.2) is 47.2 Å². The van der Waals surface area contributed by atoms with Gasteiger partial charge in [0.2, 0.25) is 5.76 Å². The maximum Gasteiger partial charge on any atom is 0.433 e. The Hall–Kier alpha value is -2.68. The highest BCUT2D eigenvalue weighted by Gasteiger charge is 2.27. The van der Waals surface area contributed by atoms with Gasteiger partial charge in [0.1, 0.15) is 17.1 Å². The number of furan rings is 1. The summed E-state index contributed by atoms with van der Waals surface area (Å²) in [6.45, 7) is 8.21. The molecular weight excluding hydrogens is 318 g/mol. The Kier molecular flexibility index (Phi) is 5.69. The SMILES string of the molecule is CCN(CC)CCOC(=O)c1c(C)noc1-c1ccc([N+](=O)[O-])o1. The van der Waals surface area contributed by atoms with Crippen LogP contribution in [0.3, 0.4) is 0 Å². The number of carbonyl (C=O) groups excluding carboxylic acids is 1. The molecule has 0 bridgehead atoms. The summed E-state index contributed by atoms with van der Waals surface area (Å²) in [6.07, 6.45) is 0. The molecule has 0 spiro atoms. The van der Waals surface area contributed by atoms with Gasteiger partial charge in [0.15, 0.2) is 5.76 Å². The molecule has 0 saturated heterocycles. The van der Waals surface area contributed by atoms with Crippen LogP contribution in [-0.2, 0) is 4.74 Å². The number of rotatable bonds is 8. The number of nitrogens with zero attached hydrogens (tertiary/aromatic N) is 3. The normalized spacial score (nSPS) is 11.0. The van der Waals surface area contributed by atoms with Gasteiger partial charge in [0.25, 0.3) is 0 Å². The minimum atomic E-state index is -0.672. The lowest BCUT2D eigenvalue weighted by molar-refractivity contribution is -0.401. The topological polar surface area (TPSA) is 112 Å². The molecule has 9 nitrogen and oxygen atoms in total. The van der Waals surface area contributed by atoms with Crippen molar-refractivity contribution < 1.29 is 23.4 Å². The first kappa shape index (κ1) is 17.7. The van der Waals surface area contributed by atoms with Crippen molar-refractivity contribution in [2.75, 3.05) is 26.2 Å². The molecule has 0 saturated carbocycles. The third kappa shape index (κ3) is 3.80. The van der Waals surface area contributed by atoms with E-state index in [0.717, 1.165) is 13.1 Å². The fourth-order valence-corrected chi connectivity index (χ4v) is 2.21. The standard InChI is InChI=1S/C15H19N3O6/c1-4-17(5-2)8-9-22-15(19)13-10(3)16-24-14(13)11-6-7-12(23-11)18(20)21/h6-7H,4-5,8-9H2,1-3H3. The van der Waals surface area contributed by atoms with E-state index in [-0.39, 0.29) is 23.7 Å². The molecule has 0 unspecified atom stereocenters. The van der Waals surface area contributed by atoms with Gasteiger partial charge >= 0.3 is 11.9 Å². The Labute approximate surface area is 138 Å². The van der Waals surface area contributed by atoms with Gasteiger partial charge in [0.05, 0.1) is 11.8 Å². The summed E-state index contributed by atoms with van der Waals surface area (Å²) in [6, 6.07) is 2.54. The summed E-state index contributed by atoms with van der Waals surface area (Å²) < 4.78 is 15.4. The number of aromatic nitrogens is 1. The van der Waals surface area contributed by atoms with Crippen molar-refractivity contribution in [2.24, 2.45) is 0 Å². The molecule has 0 aliphatic heterocycles. The lowest BCUT2D eigenvalue weighted by atomic mass is 10.1. The predicted molar refractivity (Wildman–Crippen MR) is 83.7 cm³/mol. The molecule has 0 aromatic carbocycles.